The van der Waals surface area contributed by atoms with Crippen molar-refractivity contribution in [1.82, 2.24) is 10.6 Å². The molecule has 0 fully saturated rings. The maximum atomic E-state index is 14.1. The highest BCUT2D eigenvalue weighted by atomic mass is 19.1. The van der Waals surface area contributed by atoms with Crippen LogP contribution in [0.2, 0.25) is 0 Å². The van der Waals surface area contributed by atoms with Crippen LogP contribution in [-0.4, -0.2) is 35.6 Å². The second-order valence-electron chi connectivity index (χ2n) is 10.2. The molecule has 5 N–H and O–H groups in total. The van der Waals surface area contributed by atoms with Crippen molar-refractivity contribution in [3.05, 3.63) is 105 Å². The first-order chi connectivity index (χ1) is 18.5. The topological polar surface area (TPSA) is 104 Å². The van der Waals surface area contributed by atoms with Crippen LogP contribution in [0.3, 0.4) is 0 Å². The van der Waals surface area contributed by atoms with Crippen LogP contribution in [0, 0.1) is 18.6 Å². The summed E-state index contributed by atoms with van der Waals surface area (Å²) in [7, 11) is 0. The monoisotopic (exact) mass is 537 g/mol. The number of hydrogen-bond acceptors (Lipinski definition) is 4. The molecule has 0 aliphatic carbocycles. The second kappa shape index (κ2) is 13.4. The van der Waals surface area contributed by atoms with E-state index in [1.807, 2.05) is 32.0 Å². The molecule has 2 atom stereocenters. The summed E-state index contributed by atoms with van der Waals surface area (Å²) in [5.41, 5.74) is 9.41. The molecule has 3 aromatic rings. The van der Waals surface area contributed by atoms with Crippen molar-refractivity contribution in [1.29, 1.82) is 0 Å². The zero-order valence-electron chi connectivity index (χ0n) is 22.9. The Kier molecular flexibility index (Phi) is 10.3. The molecule has 0 aliphatic heterocycles. The van der Waals surface area contributed by atoms with E-state index in [0.29, 0.717) is 12.1 Å². The summed E-state index contributed by atoms with van der Waals surface area (Å²) in [6.45, 7) is 7.99. The highest BCUT2D eigenvalue weighted by Gasteiger charge is 2.31. The van der Waals surface area contributed by atoms with Crippen LogP contribution in [0.15, 0.2) is 54.6 Å². The number of nitrogens with one attached hydrogen (secondary N) is 2. The largest absolute Gasteiger partial charge is 0.391 e. The lowest BCUT2D eigenvalue weighted by Crippen LogP contribution is -2.37. The lowest BCUT2D eigenvalue weighted by atomic mass is 9.80. The zero-order chi connectivity index (χ0) is 28.7. The van der Waals surface area contributed by atoms with Crippen molar-refractivity contribution in [3.63, 3.8) is 0 Å². The molecule has 8 heteroatoms. The van der Waals surface area contributed by atoms with E-state index in [9.17, 15) is 23.5 Å². The summed E-state index contributed by atoms with van der Waals surface area (Å²) in [6, 6.07) is 14.2. The van der Waals surface area contributed by atoms with E-state index < -0.39 is 35.5 Å². The molecule has 0 saturated carbocycles. The fourth-order valence-electron chi connectivity index (χ4n) is 4.81. The quantitative estimate of drug-likeness (QED) is 0.272. The molecule has 3 rings (SSSR count). The van der Waals surface area contributed by atoms with Crippen molar-refractivity contribution in [2.24, 2.45) is 5.73 Å². The van der Waals surface area contributed by atoms with Crippen molar-refractivity contribution >= 4 is 11.8 Å². The molecule has 0 aliphatic rings. The minimum absolute atomic E-state index is 0.0336. The molecule has 208 valence electrons. The van der Waals surface area contributed by atoms with Crippen LogP contribution >= 0.6 is 0 Å². The molecule has 6 nitrogen and oxygen atoms in total. The van der Waals surface area contributed by atoms with Gasteiger partial charge >= 0.3 is 0 Å². The molecule has 3 aromatic carbocycles. The first kappa shape index (κ1) is 29.9. The number of rotatable bonds is 12. The standard InChI is InChI=1S/C31H37F2N3O3/c1-5-20-7-6-8-21(11-20)16-35-17-28(37)25(14-22-12-23(32)15-24(33)13-22)29-26(30(34)38)9-19(4)10-27(29)31(39)36-18(2)3/h6-13,15,18,25,28,35,37H,5,14,16-17H2,1-4H3,(H2,34,38)(H,36,39)/t25-,28+/m1/s1. The molecule has 0 unspecified atom stereocenters. The van der Waals surface area contributed by atoms with Gasteiger partial charge in [0, 0.05) is 42.2 Å². The van der Waals surface area contributed by atoms with Gasteiger partial charge < -0.3 is 21.5 Å². The van der Waals surface area contributed by atoms with Gasteiger partial charge in [-0.2, -0.15) is 0 Å². The molecule has 0 saturated heterocycles. The van der Waals surface area contributed by atoms with E-state index in [0.717, 1.165) is 18.1 Å². The first-order valence-electron chi connectivity index (χ1n) is 13.1. The van der Waals surface area contributed by atoms with Gasteiger partial charge in [0.05, 0.1) is 6.10 Å². The maximum Gasteiger partial charge on any atom is 0.251 e. The number of carbonyl (C=O) groups excluding carboxylic acids is 2. The van der Waals surface area contributed by atoms with Crippen LogP contribution in [0.5, 0.6) is 0 Å². The Bertz CT molecular complexity index is 1310. The van der Waals surface area contributed by atoms with Gasteiger partial charge in [-0.3, -0.25) is 9.59 Å². The number of halogens is 2. The summed E-state index contributed by atoms with van der Waals surface area (Å²) in [5, 5.41) is 17.5. The van der Waals surface area contributed by atoms with E-state index in [1.165, 1.54) is 17.7 Å². The molecule has 0 aromatic heterocycles. The Morgan fingerprint density at radius 1 is 0.949 bits per heavy atom. The highest BCUT2D eigenvalue weighted by Crippen LogP contribution is 2.32. The smallest absolute Gasteiger partial charge is 0.251 e. The average molecular weight is 538 g/mol. The van der Waals surface area contributed by atoms with Gasteiger partial charge in [-0.25, -0.2) is 8.78 Å². The highest BCUT2D eigenvalue weighted by molar-refractivity contribution is 6.02. The van der Waals surface area contributed by atoms with E-state index in [-0.39, 0.29) is 41.3 Å². The number of primary amides is 1. The van der Waals surface area contributed by atoms with Gasteiger partial charge in [-0.15, -0.1) is 0 Å². The number of hydrogen-bond donors (Lipinski definition) is 4. The van der Waals surface area contributed by atoms with Crippen LogP contribution in [-0.2, 0) is 19.4 Å². The first-order valence-corrected chi connectivity index (χ1v) is 13.1. The molecular weight excluding hydrogens is 500 g/mol. The molecule has 0 bridgehead atoms. The van der Waals surface area contributed by atoms with Gasteiger partial charge in [0.15, 0.2) is 0 Å². The number of aliphatic hydroxyl groups is 1. The van der Waals surface area contributed by atoms with Gasteiger partial charge in [-0.1, -0.05) is 31.2 Å². The van der Waals surface area contributed by atoms with Crippen molar-refractivity contribution < 1.29 is 23.5 Å². The van der Waals surface area contributed by atoms with Crippen LogP contribution < -0.4 is 16.4 Å². The molecule has 0 spiro atoms. The van der Waals surface area contributed by atoms with Crippen LogP contribution in [0.1, 0.15) is 75.2 Å². The molecular formula is C31H37F2N3O3. The molecule has 0 heterocycles. The third-order valence-corrected chi connectivity index (χ3v) is 6.55. The predicted molar refractivity (Wildman–Crippen MR) is 149 cm³/mol. The Morgan fingerprint density at radius 3 is 2.21 bits per heavy atom. The number of carbonyl (C=O) groups is 2. The maximum absolute atomic E-state index is 14.1. The van der Waals surface area contributed by atoms with E-state index in [4.69, 9.17) is 5.73 Å². The predicted octanol–water partition coefficient (Wildman–Crippen LogP) is 4.55. The number of benzene rings is 3. The number of aryl methyl sites for hydroxylation is 2. The Labute approximate surface area is 228 Å². The SMILES string of the molecule is CCc1cccc(CNC[C@H](O)[C@@H](Cc2cc(F)cc(F)c2)c2c(C(N)=O)cc(C)cc2C(=O)NC(C)C)c1. The second-order valence-corrected chi connectivity index (χ2v) is 10.2. The van der Waals surface area contributed by atoms with Crippen molar-refractivity contribution in [2.45, 2.75) is 65.1 Å². The number of nitrogens with two attached hydrogens (primary N) is 1. The van der Waals surface area contributed by atoms with Crippen molar-refractivity contribution in [3.8, 4) is 0 Å². The van der Waals surface area contributed by atoms with Crippen LogP contribution in [0.25, 0.3) is 0 Å². The van der Waals surface area contributed by atoms with Gasteiger partial charge in [0.2, 0.25) is 5.91 Å². The third kappa shape index (κ3) is 8.18. The lowest BCUT2D eigenvalue weighted by Gasteiger charge is -2.28. The minimum atomic E-state index is -1.13. The van der Waals surface area contributed by atoms with Crippen molar-refractivity contribution in [2.75, 3.05) is 6.54 Å². The molecule has 0 radical (unpaired) electrons. The zero-order valence-corrected chi connectivity index (χ0v) is 22.9. The summed E-state index contributed by atoms with van der Waals surface area (Å²) in [4.78, 5) is 25.9. The fraction of sp³-hybridized carbons (Fsp3) is 0.355. The van der Waals surface area contributed by atoms with Gasteiger partial charge in [0.1, 0.15) is 11.6 Å². The Hall–Kier alpha value is -3.62. The number of amides is 2. The van der Waals surface area contributed by atoms with E-state index >= 15 is 0 Å². The lowest BCUT2D eigenvalue weighted by molar-refractivity contribution is 0.0938. The van der Waals surface area contributed by atoms with E-state index in [1.54, 1.807) is 19.1 Å². The summed E-state index contributed by atoms with van der Waals surface area (Å²) in [5.74, 6) is -3.60. The minimum Gasteiger partial charge on any atom is -0.391 e. The Morgan fingerprint density at radius 2 is 1.59 bits per heavy atom. The summed E-state index contributed by atoms with van der Waals surface area (Å²) >= 11 is 0. The van der Waals surface area contributed by atoms with Crippen LogP contribution in [0.4, 0.5) is 8.78 Å². The Balaban J connectivity index is 2.04. The number of aliphatic hydroxyl groups excluding tert-OH is 1. The van der Waals surface area contributed by atoms with E-state index in [2.05, 4.69) is 23.6 Å². The third-order valence-electron chi connectivity index (χ3n) is 6.55. The molecule has 39 heavy (non-hydrogen) atoms. The summed E-state index contributed by atoms with van der Waals surface area (Å²) < 4.78 is 28.2. The normalized spacial score (nSPS) is 12.8. The fourth-order valence-corrected chi connectivity index (χ4v) is 4.81. The van der Waals surface area contributed by atoms with Gasteiger partial charge in [-0.05, 0) is 85.7 Å². The summed E-state index contributed by atoms with van der Waals surface area (Å²) in [6.07, 6.45) is -0.265. The van der Waals surface area contributed by atoms with Gasteiger partial charge in [0.25, 0.3) is 5.91 Å². The average Bonchev–Trinajstić information content (AvgIpc) is 2.86. The molecule has 2 amide bonds.